The molecule has 0 amide bonds. The van der Waals surface area contributed by atoms with Crippen LogP contribution in [0.15, 0.2) is 0 Å². The third-order valence-electron chi connectivity index (χ3n) is 4.94. The lowest BCUT2D eigenvalue weighted by atomic mass is 10.3. The van der Waals surface area contributed by atoms with Gasteiger partial charge in [0, 0.05) is 7.11 Å². The predicted octanol–water partition coefficient (Wildman–Crippen LogP) is 1.45. The Kier molecular flexibility index (Phi) is 31.2. The Bertz CT molecular complexity index is 492. The van der Waals surface area contributed by atoms with Crippen LogP contribution in [-0.2, 0) is 42.6 Å². The van der Waals surface area contributed by atoms with Gasteiger partial charge in [-0.3, -0.25) is 0 Å². The molecule has 244 valence electrons. The minimum atomic E-state index is -0.469. The summed E-state index contributed by atoms with van der Waals surface area (Å²) in [6.07, 6.45) is -0.614. The second kappa shape index (κ2) is 30.0. The largest absolute Gasteiger partial charge is 0.394 e. The standard InChI is InChI=1S/C22H46O8.C6H14O4/c1-16(23)9-25-18(3)11-27-20(5)13-29-22(7)15-30-21(6)14-28-19(4)12-26-17(2)10-24-8;7-1-3-9-5-6-10-4-2-8/h16-23H,9-15H2,1-8H3;7-8H,1-6H2. The molecule has 0 aromatic rings. The number of aliphatic hydroxyl groups excluding tert-OH is 3. The van der Waals surface area contributed by atoms with Crippen molar-refractivity contribution in [1.29, 1.82) is 0 Å². The van der Waals surface area contributed by atoms with E-state index in [1.807, 2.05) is 41.5 Å². The summed E-state index contributed by atoms with van der Waals surface area (Å²) >= 11 is 0. The molecule has 0 aliphatic heterocycles. The van der Waals surface area contributed by atoms with Crippen LogP contribution in [0.1, 0.15) is 48.5 Å². The van der Waals surface area contributed by atoms with Crippen molar-refractivity contribution in [3.63, 3.8) is 0 Å². The summed E-state index contributed by atoms with van der Waals surface area (Å²) in [5.74, 6) is 0. The Labute approximate surface area is 242 Å². The van der Waals surface area contributed by atoms with Crippen LogP contribution in [0.2, 0.25) is 0 Å². The van der Waals surface area contributed by atoms with Crippen LogP contribution in [-0.4, -0.2) is 151 Å². The number of hydrogen-bond donors (Lipinski definition) is 3. The Balaban J connectivity index is 0. The van der Waals surface area contributed by atoms with Gasteiger partial charge < -0.3 is 58.0 Å². The molecule has 7 atom stereocenters. The van der Waals surface area contributed by atoms with Crippen LogP contribution in [0.3, 0.4) is 0 Å². The molecule has 0 bridgehead atoms. The second-order valence-electron chi connectivity index (χ2n) is 9.84. The van der Waals surface area contributed by atoms with Crippen molar-refractivity contribution in [2.45, 2.75) is 91.2 Å². The lowest BCUT2D eigenvalue weighted by Crippen LogP contribution is -2.30. The number of rotatable bonds is 27. The first kappa shape index (κ1) is 41.7. The van der Waals surface area contributed by atoms with Gasteiger partial charge in [0.1, 0.15) is 0 Å². The van der Waals surface area contributed by atoms with Gasteiger partial charge in [-0.05, 0) is 48.5 Å². The van der Waals surface area contributed by atoms with Gasteiger partial charge in [-0.2, -0.15) is 0 Å². The van der Waals surface area contributed by atoms with Gasteiger partial charge in [0.15, 0.2) is 0 Å². The van der Waals surface area contributed by atoms with Gasteiger partial charge in [-0.1, -0.05) is 0 Å². The summed E-state index contributed by atoms with van der Waals surface area (Å²) < 4.78 is 49.0. The molecule has 0 saturated heterocycles. The molecule has 0 rings (SSSR count). The minimum Gasteiger partial charge on any atom is -0.394 e. The molecule has 0 spiro atoms. The SMILES string of the molecule is COCC(C)OCC(C)OCC(C)OCC(C)OCC(C)OCC(C)OCC(C)O.OCCOCCOCCO. The summed E-state index contributed by atoms with van der Waals surface area (Å²) in [6.45, 7) is 18.5. The molecular formula is C28H60O12. The molecule has 40 heavy (non-hydrogen) atoms. The highest BCUT2D eigenvalue weighted by Crippen LogP contribution is 2.04. The molecule has 12 nitrogen and oxygen atoms in total. The third-order valence-corrected chi connectivity index (χ3v) is 4.94. The van der Waals surface area contributed by atoms with Crippen LogP contribution < -0.4 is 0 Å². The second-order valence-corrected chi connectivity index (χ2v) is 9.84. The summed E-state index contributed by atoms with van der Waals surface area (Å²) in [5.41, 5.74) is 0. The lowest BCUT2D eigenvalue weighted by molar-refractivity contribution is -0.105. The van der Waals surface area contributed by atoms with Crippen molar-refractivity contribution in [1.82, 2.24) is 0 Å². The fourth-order valence-electron chi connectivity index (χ4n) is 2.78. The number of methoxy groups -OCH3 is 1. The van der Waals surface area contributed by atoms with Gasteiger partial charge in [0.25, 0.3) is 0 Å². The van der Waals surface area contributed by atoms with Crippen molar-refractivity contribution in [3.05, 3.63) is 0 Å². The lowest BCUT2D eigenvalue weighted by Gasteiger charge is -2.22. The van der Waals surface area contributed by atoms with Crippen LogP contribution in [0, 0.1) is 0 Å². The van der Waals surface area contributed by atoms with E-state index in [0.29, 0.717) is 72.7 Å². The van der Waals surface area contributed by atoms with Gasteiger partial charge in [0.05, 0.1) is 129 Å². The average molecular weight is 589 g/mol. The zero-order valence-corrected chi connectivity index (χ0v) is 26.2. The van der Waals surface area contributed by atoms with Crippen LogP contribution in [0.4, 0.5) is 0 Å². The highest BCUT2D eigenvalue weighted by molar-refractivity contribution is 4.58. The molecule has 0 aromatic carbocycles. The number of ether oxygens (including phenoxy) is 9. The molecule has 0 aliphatic rings. The third kappa shape index (κ3) is 32.0. The molecule has 0 heterocycles. The van der Waals surface area contributed by atoms with E-state index in [1.165, 1.54) is 0 Å². The Morgan fingerprint density at radius 2 is 0.700 bits per heavy atom. The average Bonchev–Trinajstić information content (AvgIpc) is 2.92. The molecule has 3 N–H and O–H groups in total. The Hall–Kier alpha value is -0.480. The van der Waals surface area contributed by atoms with E-state index in [1.54, 1.807) is 14.0 Å². The molecule has 0 radical (unpaired) electrons. The molecule has 0 saturated carbocycles. The summed E-state index contributed by atoms with van der Waals surface area (Å²) in [7, 11) is 1.66. The number of aliphatic hydroxyl groups is 3. The van der Waals surface area contributed by atoms with Crippen LogP contribution in [0.25, 0.3) is 0 Å². The van der Waals surface area contributed by atoms with Crippen LogP contribution in [0.5, 0.6) is 0 Å². The fourth-order valence-corrected chi connectivity index (χ4v) is 2.78. The van der Waals surface area contributed by atoms with Crippen LogP contribution >= 0.6 is 0 Å². The zero-order chi connectivity index (χ0) is 30.6. The van der Waals surface area contributed by atoms with E-state index in [-0.39, 0.29) is 49.8 Å². The van der Waals surface area contributed by atoms with E-state index < -0.39 is 6.10 Å². The highest BCUT2D eigenvalue weighted by Gasteiger charge is 2.13. The van der Waals surface area contributed by atoms with Gasteiger partial charge in [0.2, 0.25) is 0 Å². The molecule has 0 aliphatic carbocycles. The number of hydrogen-bond acceptors (Lipinski definition) is 12. The molecular weight excluding hydrogens is 528 g/mol. The van der Waals surface area contributed by atoms with Crippen molar-refractivity contribution in [3.8, 4) is 0 Å². The first-order valence-corrected chi connectivity index (χ1v) is 14.3. The maximum atomic E-state index is 9.22. The maximum Gasteiger partial charge on any atom is 0.0781 e. The fraction of sp³-hybridized carbons (Fsp3) is 1.00. The predicted molar refractivity (Wildman–Crippen MR) is 152 cm³/mol. The monoisotopic (exact) mass is 588 g/mol. The van der Waals surface area contributed by atoms with Crippen molar-refractivity contribution < 1.29 is 58.0 Å². The van der Waals surface area contributed by atoms with E-state index in [0.717, 1.165) is 0 Å². The minimum absolute atomic E-state index is 0.00557. The topological polar surface area (TPSA) is 144 Å². The van der Waals surface area contributed by atoms with E-state index in [4.69, 9.17) is 52.8 Å². The highest BCUT2D eigenvalue weighted by atomic mass is 16.6. The first-order valence-electron chi connectivity index (χ1n) is 14.3. The molecule has 0 fully saturated rings. The zero-order valence-electron chi connectivity index (χ0n) is 26.2. The smallest absolute Gasteiger partial charge is 0.0781 e. The molecule has 0 aromatic heterocycles. The van der Waals surface area contributed by atoms with Gasteiger partial charge >= 0.3 is 0 Å². The van der Waals surface area contributed by atoms with Gasteiger partial charge in [-0.15, -0.1) is 0 Å². The Morgan fingerprint density at radius 3 is 0.950 bits per heavy atom. The van der Waals surface area contributed by atoms with E-state index in [2.05, 4.69) is 0 Å². The Morgan fingerprint density at radius 1 is 0.425 bits per heavy atom. The normalized spacial score (nSPS) is 16.9. The van der Waals surface area contributed by atoms with E-state index >= 15 is 0 Å². The maximum absolute atomic E-state index is 9.22. The first-order chi connectivity index (χ1) is 19.0. The van der Waals surface area contributed by atoms with Crippen molar-refractivity contribution in [2.24, 2.45) is 0 Å². The summed E-state index contributed by atoms with van der Waals surface area (Å²) in [5, 5.41) is 25.7. The van der Waals surface area contributed by atoms with Gasteiger partial charge in [-0.25, -0.2) is 0 Å². The quantitative estimate of drug-likeness (QED) is 0.120. The summed E-state index contributed by atoms with van der Waals surface area (Å²) in [6, 6.07) is 0. The summed E-state index contributed by atoms with van der Waals surface area (Å²) in [4.78, 5) is 0. The van der Waals surface area contributed by atoms with E-state index in [9.17, 15) is 5.11 Å². The van der Waals surface area contributed by atoms with Crippen molar-refractivity contribution >= 4 is 0 Å². The van der Waals surface area contributed by atoms with Crippen molar-refractivity contribution in [2.75, 3.05) is 93.0 Å². The molecule has 12 heteroatoms. The molecule has 7 unspecified atom stereocenters.